The van der Waals surface area contributed by atoms with Gasteiger partial charge in [-0.3, -0.25) is 4.79 Å². The largest absolute Gasteiger partial charge is 0.330 e. The molecule has 0 saturated heterocycles. The molecule has 1 aromatic carbocycles. The molecule has 0 fully saturated rings. The first-order valence-electron chi connectivity index (χ1n) is 6.81. The molecule has 2 aromatic rings. The molecule has 0 amide bonds. The number of carbonyl (C=O) groups is 1. The van der Waals surface area contributed by atoms with Crippen LogP contribution in [0, 0.1) is 5.92 Å². The van der Waals surface area contributed by atoms with Gasteiger partial charge >= 0.3 is 0 Å². The molecule has 2 rings (SSSR count). The van der Waals surface area contributed by atoms with Crippen molar-refractivity contribution in [2.75, 3.05) is 6.54 Å². The second-order valence-electron chi connectivity index (χ2n) is 5.02. The van der Waals surface area contributed by atoms with Gasteiger partial charge in [0.25, 0.3) is 0 Å². The normalized spacial score (nSPS) is 12.8. The summed E-state index contributed by atoms with van der Waals surface area (Å²) < 4.78 is 2.11. The summed E-state index contributed by atoms with van der Waals surface area (Å²) >= 11 is 0. The van der Waals surface area contributed by atoms with Crippen molar-refractivity contribution in [3.63, 3.8) is 0 Å². The van der Waals surface area contributed by atoms with Gasteiger partial charge in [-0.15, -0.1) is 0 Å². The molecule has 102 valence electrons. The molecular formula is C15H21N3O. The first kappa shape index (κ1) is 13.7. The molecule has 1 atom stereocenters. The maximum absolute atomic E-state index is 12.0. The molecule has 4 nitrogen and oxygen atoms in total. The number of aryl methyl sites for hydroxylation is 1. The summed E-state index contributed by atoms with van der Waals surface area (Å²) in [7, 11) is 0. The van der Waals surface area contributed by atoms with Gasteiger partial charge in [0.05, 0.1) is 17.5 Å². The van der Waals surface area contributed by atoms with E-state index in [4.69, 9.17) is 5.73 Å². The minimum absolute atomic E-state index is 0.211. The minimum atomic E-state index is 0.211. The molecule has 0 spiro atoms. The van der Waals surface area contributed by atoms with E-state index in [2.05, 4.69) is 16.5 Å². The fourth-order valence-corrected chi connectivity index (χ4v) is 2.33. The Kier molecular flexibility index (Phi) is 4.32. The van der Waals surface area contributed by atoms with Crippen molar-refractivity contribution >= 4 is 16.8 Å². The zero-order chi connectivity index (χ0) is 13.8. The molecule has 0 bridgehead atoms. The number of aromatic nitrogens is 2. The maximum atomic E-state index is 12.0. The van der Waals surface area contributed by atoms with Crippen LogP contribution in [0.1, 0.15) is 26.1 Å². The van der Waals surface area contributed by atoms with Crippen LogP contribution in [0.25, 0.3) is 11.0 Å². The number of rotatable bonds is 6. The Bertz CT molecular complexity index is 574. The zero-order valence-electron chi connectivity index (χ0n) is 11.6. The summed E-state index contributed by atoms with van der Waals surface area (Å²) in [5.74, 6) is 1.31. The van der Waals surface area contributed by atoms with Crippen molar-refractivity contribution in [2.45, 2.75) is 33.2 Å². The second-order valence-corrected chi connectivity index (χ2v) is 5.02. The van der Waals surface area contributed by atoms with Crippen LogP contribution < -0.4 is 5.73 Å². The number of imidazole rings is 1. The Morgan fingerprint density at radius 3 is 2.84 bits per heavy atom. The molecular weight excluding hydrogens is 238 g/mol. The second kappa shape index (κ2) is 5.97. The van der Waals surface area contributed by atoms with E-state index in [1.54, 1.807) is 0 Å². The number of carbonyl (C=O) groups excluding carboxylic acids is 1. The Labute approximate surface area is 113 Å². The number of ketones is 1. The monoisotopic (exact) mass is 259 g/mol. The third-order valence-electron chi connectivity index (χ3n) is 3.38. The summed E-state index contributed by atoms with van der Waals surface area (Å²) in [6.07, 6.45) is 0.927. The highest BCUT2D eigenvalue weighted by Gasteiger charge is 2.14. The van der Waals surface area contributed by atoms with Gasteiger partial charge in [0.1, 0.15) is 11.6 Å². The fraction of sp³-hybridized carbons (Fsp3) is 0.467. The number of hydrogen-bond donors (Lipinski definition) is 1. The summed E-state index contributed by atoms with van der Waals surface area (Å²) in [5, 5.41) is 0. The lowest BCUT2D eigenvalue weighted by molar-refractivity contribution is -0.119. The predicted octanol–water partition coefficient (Wildman–Crippen LogP) is 2.15. The summed E-state index contributed by atoms with van der Waals surface area (Å²) in [6, 6.07) is 8.00. The topological polar surface area (TPSA) is 60.9 Å². The molecule has 2 N–H and O–H groups in total. The molecule has 1 aromatic heterocycles. The van der Waals surface area contributed by atoms with E-state index in [0.29, 0.717) is 19.4 Å². The highest BCUT2D eigenvalue weighted by Crippen LogP contribution is 2.17. The standard InChI is InChI=1S/C15H21N3O/c1-3-18-14-7-5-4-6-13(14)17-15(18)9-12(19)8-11(2)10-16/h4-7,11H,3,8-10,16H2,1-2H3. The lowest BCUT2D eigenvalue weighted by atomic mass is 10.0. The van der Waals surface area contributed by atoms with Crippen LogP contribution >= 0.6 is 0 Å². The van der Waals surface area contributed by atoms with E-state index in [9.17, 15) is 4.79 Å². The smallest absolute Gasteiger partial charge is 0.140 e. The Morgan fingerprint density at radius 2 is 2.16 bits per heavy atom. The number of para-hydroxylation sites is 2. The van der Waals surface area contributed by atoms with Gasteiger partial charge in [0.2, 0.25) is 0 Å². The van der Waals surface area contributed by atoms with Gasteiger partial charge in [-0.05, 0) is 31.5 Å². The van der Waals surface area contributed by atoms with E-state index in [1.165, 1.54) is 0 Å². The molecule has 0 aliphatic carbocycles. The van der Waals surface area contributed by atoms with Crippen LogP contribution in [-0.2, 0) is 17.8 Å². The highest BCUT2D eigenvalue weighted by atomic mass is 16.1. The van der Waals surface area contributed by atoms with E-state index in [-0.39, 0.29) is 11.7 Å². The number of nitrogens with zero attached hydrogens (tertiary/aromatic N) is 2. The summed E-state index contributed by atoms with van der Waals surface area (Å²) in [6.45, 7) is 5.46. The summed E-state index contributed by atoms with van der Waals surface area (Å²) in [5.41, 5.74) is 7.61. The average Bonchev–Trinajstić information content (AvgIpc) is 2.75. The number of nitrogens with two attached hydrogens (primary N) is 1. The SMILES string of the molecule is CCn1c(CC(=O)CC(C)CN)nc2ccccc21. The summed E-state index contributed by atoms with van der Waals surface area (Å²) in [4.78, 5) is 16.6. The molecule has 0 radical (unpaired) electrons. The first-order valence-corrected chi connectivity index (χ1v) is 6.81. The number of benzene rings is 1. The van der Waals surface area contributed by atoms with E-state index in [0.717, 1.165) is 23.4 Å². The fourth-order valence-electron chi connectivity index (χ4n) is 2.33. The van der Waals surface area contributed by atoms with Crippen molar-refractivity contribution in [1.82, 2.24) is 9.55 Å². The quantitative estimate of drug-likeness (QED) is 0.864. The lowest BCUT2D eigenvalue weighted by Crippen LogP contribution is -2.17. The third kappa shape index (κ3) is 3.01. The highest BCUT2D eigenvalue weighted by molar-refractivity contribution is 5.82. The van der Waals surface area contributed by atoms with Crippen molar-refractivity contribution in [1.29, 1.82) is 0 Å². The van der Waals surface area contributed by atoms with Gasteiger partial charge < -0.3 is 10.3 Å². The van der Waals surface area contributed by atoms with Crippen molar-refractivity contribution in [2.24, 2.45) is 11.7 Å². The first-order chi connectivity index (χ1) is 9.15. The van der Waals surface area contributed by atoms with Crippen LogP contribution in [0.4, 0.5) is 0 Å². The molecule has 0 aliphatic heterocycles. The van der Waals surface area contributed by atoms with Gasteiger partial charge in [-0.2, -0.15) is 0 Å². The molecule has 1 unspecified atom stereocenters. The van der Waals surface area contributed by atoms with Gasteiger partial charge in [-0.25, -0.2) is 4.98 Å². The third-order valence-corrected chi connectivity index (χ3v) is 3.38. The average molecular weight is 259 g/mol. The maximum Gasteiger partial charge on any atom is 0.140 e. The molecule has 0 saturated carbocycles. The number of hydrogen-bond acceptors (Lipinski definition) is 3. The molecule has 0 aliphatic rings. The number of fused-ring (bicyclic) bond motifs is 1. The van der Waals surface area contributed by atoms with E-state index < -0.39 is 0 Å². The Hall–Kier alpha value is -1.68. The predicted molar refractivity (Wildman–Crippen MR) is 77.0 cm³/mol. The van der Waals surface area contributed by atoms with Crippen molar-refractivity contribution in [3.8, 4) is 0 Å². The molecule has 4 heteroatoms. The van der Waals surface area contributed by atoms with E-state index in [1.807, 2.05) is 31.2 Å². The zero-order valence-corrected chi connectivity index (χ0v) is 11.6. The van der Waals surface area contributed by atoms with Crippen LogP contribution in [0.2, 0.25) is 0 Å². The van der Waals surface area contributed by atoms with Gasteiger partial charge in [0, 0.05) is 13.0 Å². The van der Waals surface area contributed by atoms with Crippen molar-refractivity contribution in [3.05, 3.63) is 30.1 Å². The van der Waals surface area contributed by atoms with Crippen LogP contribution in [0.5, 0.6) is 0 Å². The Balaban J connectivity index is 2.22. The van der Waals surface area contributed by atoms with Crippen LogP contribution in [-0.4, -0.2) is 21.9 Å². The number of Topliss-reactive ketones (excluding diaryl/α,β-unsaturated/α-hetero) is 1. The van der Waals surface area contributed by atoms with Gasteiger partial charge in [-0.1, -0.05) is 19.1 Å². The molecule has 1 heterocycles. The Morgan fingerprint density at radius 1 is 1.42 bits per heavy atom. The lowest BCUT2D eigenvalue weighted by Gasteiger charge is -2.08. The van der Waals surface area contributed by atoms with E-state index >= 15 is 0 Å². The van der Waals surface area contributed by atoms with Crippen LogP contribution in [0.15, 0.2) is 24.3 Å². The van der Waals surface area contributed by atoms with Crippen molar-refractivity contribution < 1.29 is 4.79 Å². The van der Waals surface area contributed by atoms with Gasteiger partial charge in [0.15, 0.2) is 0 Å². The minimum Gasteiger partial charge on any atom is -0.330 e. The van der Waals surface area contributed by atoms with Crippen LogP contribution in [0.3, 0.4) is 0 Å². The molecule has 19 heavy (non-hydrogen) atoms.